The van der Waals surface area contributed by atoms with Crippen LogP contribution in [0.25, 0.3) is 23.0 Å². The summed E-state index contributed by atoms with van der Waals surface area (Å²) in [6.07, 6.45) is 4.29. The van der Waals surface area contributed by atoms with E-state index in [4.69, 9.17) is 5.10 Å². The monoisotopic (exact) mass is 521 g/mol. The summed E-state index contributed by atoms with van der Waals surface area (Å²) >= 11 is 0. The fourth-order valence-corrected chi connectivity index (χ4v) is 4.76. The van der Waals surface area contributed by atoms with Gasteiger partial charge in [0.1, 0.15) is 5.69 Å². The molecule has 4 aromatic rings. The molecular formula is C31H31N5O3. The number of piperazine rings is 1. The van der Waals surface area contributed by atoms with Gasteiger partial charge in [0.25, 0.3) is 11.6 Å². The van der Waals surface area contributed by atoms with Crippen LogP contribution in [0.5, 0.6) is 0 Å². The van der Waals surface area contributed by atoms with Crippen LogP contribution in [0, 0.1) is 24.0 Å². The van der Waals surface area contributed by atoms with Gasteiger partial charge in [-0.05, 0) is 54.8 Å². The number of benzene rings is 3. The number of nitro benzene ring substituents is 1. The van der Waals surface area contributed by atoms with Gasteiger partial charge in [-0.3, -0.25) is 19.8 Å². The number of hydrogen-bond acceptors (Lipinski definition) is 5. The number of amides is 1. The normalized spacial score (nSPS) is 14.2. The lowest BCUT2D eigenvalue weighted by Crippen LogP contribution is -2.49. The third kappa shape index (κ3) is 5.97. The largest absolute Gasteiger partial charge is 0.335 e. The van der Waals surface area contributed by atoms with Crippen LogP contribution in [0.1, 0.15) is 27.2 Å². The number of non-ortho nitro benzene ring substituents is 1. The Kier molecular flexibility index (Phi) is 7.65. The van der Waals surface area contributed by atoms with Crippen molar-refractivity contribution >= 4 is 17.7 Å². The molecule has 1 aliphatic rings. The van der Waals surface area contributed by atoms with E-state index in [1.54, 1.807) is 22.9 Å². The zero-order valence-corrected chi connectivity index (χ0v) is 22.2. The second-order valence-electron chi connectivity index (χ2n) is 9.83. The zero-order chi connectivity index (χ0) is 27.4. The highest BCUT2D eigenvalue weighted by Gasteiger charge is 2.26. The Morgan fingerprint density at radius 1 is 0.949 bits per heavy atom. The quantitative estimate of drug-likeness (QED) is 0.236. The summed E-state index contributed by atoms with van der Waals surface area (Å²) < 4.78 is 1.72. The average molecular weight is 522 g/mol. The molecule has 0 atom stereocenters. The molecule has 2 heterocycles. The molecule has 1 aromatic heterocycles. The van der Waals surface area contributed by atoms with Crippen LogP contribution in [0.4, 0.5) is 5.69 Å². The van der Waals surface area contributed by atoms with Crippen molar-refractivity contribution in [3.63, 3.8) is 0 Å². The highest BCUT2D eigenvalue weighted by atomic mass is 16.6. The molecule has 5 rings (SSSR count). The molecule has 0 N–H and O–H groups in total. The summed E-state index contributed by atoms with van der Waals surface area (Å²) in [5.74, 6) is -0.0731. The van der Waals surface area contributed by atoms with Gasteiger partial charge >= 0.3 is 0 Å². The maximum atomic E-state index is 13.8. The van der Waals surface area contributed by atoms with Crippen molar-refractivity contribution in [1.29, 1.82) is 0 Å². The number of carbonyl (C=O) groups is 1. The topological polar surface area (TPSA) is 84.5 Å². The first kappa shape index (κ1) is 26.1. The molecule has 1 saturated heterocycles. The lowest BCUT2D eigenvalue weighted by molar-refractivity contribution is -0.384. The van der Waals surface area contributed by atoms with E-state index in [9.17, 15) is 14.9 Å². The Balaban J connectivity index is 1.36. The van der Waals surface area contributed by atoms with Crippen molar-refractivity contribution in [2.45, 2.75) is 13.8 Å². The molecular weight excluding hydrogens is 490 g/mol. The van der Waals surface area contributed by atoms with Gasteiger partial charge < -0.3 is 4.90 Å². The second-order valence-corrected chi connectivity index (χ2v) is 9.83. The third-order valence-corrected chi connectivity index (χ3v) is 7.03. The molecule has 3 aromatic carbocycles. The van der Waals surface area contributed by atoms with E-state index in [1.807, 2.05) is 55.1 Å². The Bertz CT molecular complexity index is 1500. The van der Waals surface area contributed by atoms with Crippen molar-refractivity contribution in [3.05, 3.63) is 117 Å². The van der Waals surface area contributed by atoms with Crippen molar-refractivity contribution in [2.24, 2.45) is 0 Å². The predicted molar refractivity (Wildman–Crippen MR) is 153 cm³/mol. The van der Waals surface area contributed by atoms with Crippen molar-refractivity contribution < 1.29 is 9.72 Å². The molecule has 0 aliphatic carbocycles. The first-order valence-electron chi connectivity index (χ1n) is 13.0. The molecule has 0 saturated carbocycles. The highest BCUT2D eigenvalue weighted by Crippen LogP contribution is 2.26. The first-order chi connectivity index (χ1) is 18.9. The van der Waals surface area contributed by atoms with Crippen molar-refractivity contribution in [3.8, 4) is 16.9 Å². The van der Waals surface area contributed by atoms with Gasteiger partial charge in [-0.25, -0.2) is 4.68 Å². The fourth-order valence-electron chi connectivity index (χ4n) is 4.76. The van der Waals surface area contributed by atoms with E-state index in [-0.39, 0.29) is 11.6 Å². The molecule has 0 bridgehead atoms. The highest BCUT2D eigenvalue weighted by molar-refractivity contribution is 5.94. The summed E-state index contributed by atoms with van der Waals surface area (Å²) in [4.78, 5) is 28.7. The summed E-state index contributed by atoms with van der Waals surface area (Å²) in [7, 11) is 0. The fraction of sp³-hybridized carbons (Fsp3) is 0.226. The van der Waals surface area contributed by atoms with E-state index in [1.165, 1.54) is 17.7 Å². The maximum Gasteiger partial charge on any atom is 0.272 e. The minimum absolute atomic E-state index is 0.0143. The van der Waals surface area contributed by atoms with E-state index in [0.717, 1.165) is 36.4 Å². The van der Waals surface area contributed by atoms with Gasteiger partial charge in [0.15, 0.2) is 0 Å². The Morgan fingerprint density at radius 3 is 2.36 bits per heavy atom. The third-order valence-electron chi connectivity index (χ3n) is 7.03. The number of carbonyl (C=O) groups excluding carboxylic acids is 1. The van der Waals surface area contributed by atoms with E-state index < -0.39 is 4.92 Å². The predicted octanol–water partition coefficient (Wildman–Crippen LogP) is 5.54. The molecule has 8 nitrogen and oxygen atoms in total. The maximum absolute atomic E-state index is 13.8. The number of nitrogens with zero attached hydrogens (tertiary/aromatic N) is 5. The SMILES string of the molecule is Cc1ccc(C)c(-n2nc(-c3ccc([N+](=O)[O-])cc3)cc2C(=O)N2CCN(C/C=C/c3ccccc3)CC2)c1. The molecule has 198 valence electrons. The number of aryl methyl sites for hydroxylation is 2. The van der Waals surface area contributed by atoms with Crippen LogP contribution in [0.2, 0.25) is 0 Å². The summed E-state index contributed by atoms with van der Waals surface area (Å²) in [5.41, 5.74) is 5.90. The molecule has 1 amide bonds. The van der Waals surface area contributed by atoms with Gasteiger partial charge in [0.2, 0.25) is 0 Å². The van der Waals surface area contributed by atoms with Gasteiger partial charge in [0, 0.05) is 50.4 Å². The van der Waals surface area contributed by atoms with E-state index in [2.05, 4.69) is 29.2 Å². The smallest absolute Gasteiger partial charge is 0.272 e. The van der Waals surface area contributed by atoms with Crippen LogP contribution >= 0.6 is 0 Å². The van der Waals surface area contributed by atoms with E-state index in [0.29, 0.717) is 30.0 Å². The molecule has 1 fully saturated rings. The van der Waals surface area contributed by atoms with Crippen LogP contribution in [-0.2, 0) is 0 Å². The molecule has 39 heavy (non-hydrogen) atoms. The summed E-state index contributed by atoms with van der Waals surface area (Å²) in [6.45, 7) is 7.68. The van der Waals surface area contributed by atoms with Crippen LogP contribution in [0.15, 0.2) is 84.9 Å². The van der Waals surface area contributed by atoms with E-state index >= 15 is 0 Å². The van der Waals surface area contributed by atoms with Gasteiger partial charge in [-0.15, -0.1) is 0 Å². The lowest BCUT2D eigenvalue weighted by atomic mass is 10.1. The van der Waals surface area contributed by atoms with Crippen molar-refractivity contribution in [2.75, 3.05) is 32.7 Å². The zero-order valence-electron chi connectivity index (χ0n) is 22.2. The Labute approximate surface area is 227 Å². The van der Waals surface area contributed by atoms with Gasteiger partial charge in [-0.2, -0.15) is 5.10 Å². The number of aromatic nitrogens is 2. The van der Waals surface area contributed by atoms with Crippen LogP contribution < -0.4 is 0 Å². The lowest BCUT2D eigenvalue weighted by Gasteiger charge is -2.34. The minimum atomic E-state index is -0.426. The summed E-state index contributed by atoms with van der Waals surface area (Å²) in [5, 5.41) is 15.9. The van der Waals surface area contributed by atoms with Gasteiger partial charge in [0.05, 0.1) is 16.3 Å². The standard InChI is InChI=1S/C31H31N5O3/c1-23-10-11-24(2)29(21-23)35-30(22-28(32-35)26-12-14-27(15-13-26)36(38)39)31(37)34-19-17-33(18-20-34)16-6-9-25-7-4-3-5-8-25/h3-15,21-22H,16-20H2,1-2H3/b9-6+. The van der Waals surface area contributed by atoms with Crippen LogP contribution in [0.3, 0.4) is 0 Å². The molecule has 0 unspecified atom stereocenters. The molecule has 1 aliphatic heterocycles. The summed E-state index contributed by atoms with van der Waals surface area (Å²) in [6, 6.07) is 24.4. The second kappa shape index (κ2) is 11.4. The number of rotatable bonds is 7. The number of nitro groups is 1. The minimum Gasteiger partial charge on any atom is -0.335 e. The average Bonchev–Trinajstić information content (AvgIpc) is 3.40. The Hall–Kier alpha value is -4.56. The van der Waals surface area contributed by atoms with Crippen LogP contribution in [-0.4, -0.2) is 63.1 Å². The molecule has 0 radical (unpaired) electrons. The Morgan fingerprint density at radius 2 is 1.67 bits per heavy atom. The van der Waals surface area contributed by atoms with Gasteiger partial charge in [-0.1, -0.05) is 54.6 Å². The number of hydrogen-bond donors (Lipinski definition) is 0. The first-order valence-corrected chi connectivity index (χ1v) is 13.0. The molecule has 0 spiro atoms. The molecule has 8 heteroatoms. The van der Waals surface area contributed by atoms with Crippen molar-refractivity contribution in [1.82, 2.24) is 19.6 Å².